The van der Waals surface area contributed by atoms with E-state index in [2.05, 4.69) is 39.2 Å². The van der Waals surface area contributed by atoms with Crippen molar-refractivity contribution in [2.75, 3.05) is 0 Å². The number of imidazole rings is 1. The second-order valence-electron chi connectivity index (χ2n) is 8.91. The van der Waals surface area contributed by atoms with E-state index in [0.29, 0.717) is 42.6 Å². The molecular formula is C26H26FN3O2. The number of halogens is 1. The lowest BCUT2D eigenvalue weighted by atomic mass is 9.77. The number of nitrogens with one attached hydrogen (secondary N) is 1. The van der Waals surface area contributed by atoms with E-state index in [1.807, 2.05) is 18.3 Å². The van der Waals surface area contributed by atoms with E-state index in [0.717, 1.165) is 48.2 Å². The second kappa shape index (κ2) is 8.69. The number of carboxylic acid groups (broad SMARTS) is 1. The number of aryl methyl sites for hydroxylation is 1. The van der Waals surface area contributed by atoms with Crippen LogP contribution in [0, 0.1) is 5.92 Å². The van der Waals surface area contributed by atoms with Crippen LogP contribution in [0.3, 0.4) is 0 Å². The fraction of sp³-hybridized carbons (Fsp3) is 0.346. The minimum absolute atomic E-state index is 0.129. The molecule has 2 aromatic heterocycles. The molecule has 0 radical (unpaired) electrons. The van der Waals surface area contributed by atoms with Gasteiger partial charge in [-0.1, -0.05) is 30.3 Å². The monoisotopic (exact) mass is 431 g/mol. The summed E-state index contributed by atoms with van der Waals surface area (Å²) in [6.07, 6.45) is 8.78. The van der Waals surface area contributed by atoms with E-state index in [9.17, 15) is 9.18 Å². The standard InChI is InChI=1S/C26H26FN3O2/c27-21-10-12-22-24(14-21)30-26(29-22)23-11-9-20(15-28-23)19-7-5-18(6-8-19)17-3-1-16(2-4-17)13-25(31)32/h5-9,11,14-17H,1-4,10,12-13H2,(H,29,30)(H,31,32). The van der Waals surface area contributed by atoms with Crippen LogP contribution in [0.15, 0.2) is 48.4 Å². The van der Waals surface area contributed by atoms with Crippen LogP contribution in [0.4, 0.5) is 4.39 Å². The molecule has 2 aliphatic rings. The van der Waals surface area contributed by atoms with Crippen LogP contribution < -0.4 is 0 Å². The number of rotatable bonds is 5. The zero-order valence-electron chi connectivity index (χ0n) is 17.9. The molecule has 3 aromatic rings. The molecule has 0 amide bonds. The first-order valence-corrected chi connectivity index (χ1v) is 11.3. The van der Waals surface area contributed by atoms with E-state index in [1.165, 1.54) is 11.6 Å². The number of aromatic nitrogens is 3. The van der Waals surface area contributed by atoms with Crippen LogP contribution in [0.25, 0.3) is 28.7 Å². The Hall–Kier alpha value is -3.28. The smallest absolute Gasteiger partial charge is 0.303 e. The van der Waals surface area contributed by atoms with E-state index in [1.54, 1.807) is 0 Å². The molecule has 1 aromatic carbocycles. The Labute approximate surface area is 186 Å². The molecule has 0 bridgehead atoms. The molecule has 32 heavy (non-hydrogen) atoms. The molecule has 0 aliphatic heterocycles. The van der Waals surface area contributed by atoms with Gasteiger partial charge in [0.25, 0.3) is 0 Å². The maximum Gasteiger partial charge on any atom is 0.303 e. The number of aromatic amines is 1. The van der Waals surface area contributed by atoms with E-state index in [4.69, 9.17) is 5.11 Å². The van der Waals surface area contributed by atoms with Crippen molar-refractivity contribution < 1.29 is 14.3 Å². The number of carboxylic acids is 1. The highest BCUT2D eigenvalue weighted by Crippen LogP contribution is 2.37. The lowest BCUT2D eigenvalue weighted by Crippen LogP contribution is -2.16. The molecule has 0 saturated heterocycles. The average molecular weight is 432 g/mol. The van der Waals surface area contributed by atoms with Gasteiger partial charge in [-0.2, -0.15) is 0 Å². The fourth-order valence-electron chi connectivity index (χ4n) is 4.92. The topological polar surface area (TPSA) is 78.9 Å². The highest BCUT2D eigenvalue weighted by Gasteiger charge is 2.24. The number of nitrogens with zero attached hydrogens (tertiary/aromatic N) is 2. The molecule has 5 nitrogen and oxygen atoms in total. The molecule has 5 rings (SSSR count). The summed E-state index contributed by atoms with van der Waals surface area (Å²) < 4.78 is 13.5. The van der Waals surface area contributed by atoms with Crippen LogP contribution in [0.1, 0.15) is 61.4 Å². The van der Waals surface area contributed by atoms with E-state index < -0.39 is 5.97 Å². The lowest BCUT2D eigenvalue weighted by Gasteiger charge is -2.28. The van der Waals surface area contributed by atoms with Gasteiger partial charge in [-0.15, -0.1) is 0 Å². The molecule has 0 atom stereocenters. The summed E-state index contributed by atoms with van der Waals surface area (Å²) in [5.41, 5.74) is 5.84. The van der Waals surface area contributed by atoms with Crippen molar-refractivity contribution in [3.8, 4) is 22.6 Å². The number of aliphatic carboxylic acids is 1. The molecule has 1 fully saturated rings. The quantitative estimate of drug-likeness (QED) is 0.508. The Morgan fingerprint density at radius 1 is 1.03 bits per heavy atom. The lowest BCUT2D eigenvalue weighted by molar-refractivity contribution is -0.138. The number of carbonyl (C=O) groups is 1. The van der Waals surface area contributed by atoms with E-state index >= 15 is 0 Å². The highest BCUT2D eigenvalue weighted by molar-refractivity contribution is 5.67. The maximum atomic E-state index is 13.5. The van der Waals surface area contributed by atoms with Crippen LogP contribution in [0.5, 0.6) is 0 Å². The summed E-state index contributed by atoms with van der Waals surface area (Å²) in [6.45, 7) is 0. The molecular weight excluding hydrogens is 405 g/mol. The number of fused-ring (bicyclic) bond motifs is 1. The first-order chi connectivity index (χ1) is 15.5. The summed E-state index contributed by atoms with van der Waals surface area (Å²) >= 11 is 0. The summed E-state index contributed by atoms with van der Waals surface area (Å²) in [7, 11) is 0. The molecule has 0 spiro atoms. The average Bonchev–Trinajstić information content (AvgIpc) is 3.23. The van der Waals surface area contributed by atoms with Crippen molar-refractivity contribution in [1.82, 2.24) is 15.0 Å². The maximum absolute atomic E-state index is 13.5. The third kappa shape index (κ3) is 4.35. The molecule has 164 valence electrons. The van der Waals surface area contributed by atoms with Crippen LogP contribution in [-0.4, -0.2) is 26.0 Å². The van der Waals surface area contributed by atoms with Crippen molar-refractivity contribution in [2.45, 2.75) is 50.9 Å². The summed E-state index contributed by atoms with van der Waals surface area (Å²) in [6, 6.07) is 12.6. The first-order valence-electron chi connectivity index (χ1n) is 11.3. The summed E-state index contributed by atoms with van der Waals surface area (Å²) in [5.74, 6) is 0.688. The van der Waals surface area contributed by atoms with Gasteiger partial charge in [0.15, 0.2) is 5.82 Å². The number of hydrogen-bond donors (Lipinski definition) is 2. The van der Waals surface area contributed by atoms with Gasteiger partial charge in [-0.25, -0.2) is 9.37 Å². The zero-order valence-corrected chi connectivity index (χ0v) is 17.9. The number of hydrogen-bond acceptors (Lipinski definition) is 3. The summed E-state index contributed by atoms with van der Waals surface area (Å²) in [5, 5.41) is 8.99. The number of allylic oxidation sites excluding steroid dienone is 1. The van der Waals surface area contributed by atoms with Crippen molar-refractivity contribution >= 4 is 12.0 Å². The minimum Gasteiger partial charge on any atom is -0.481 e. The molecule has 2 heterocycles. The number of benzene rings is 1. The van der Waals surface area contributed by atoms with Crippen LogP contribution >= 0.6 is 0 Å². The third-order valence-electron chi connectivity index (χ3n) is 6.75. The van der Waals surface area contributed by atoms with Gasteiger partial charge in [-0.3, -0.25) is 9.78 Å². The Kier molecular flexibility index (Phi) is 5.60. The van der Waals surface area contributed by atoms with Gasteiger partial charge < -0.3 is 10.1 Å². The second-order valence-corrected chi connectivity index (χ2v) is 8.91. The van der Waals surface area contributed by atoms with Gasteiger partial charge in [0.2, 0.25) is 0 Å². The molecule has 2 aliphatic carbocycles. The normalized spacial score (nSPS) is 20.5. The molecule has 0 unspecified atom stereocenters. The van der Waals surface area contributed by atoms with Gasteiger partial charge >= 0.3 is 5.97 Å². The van der Waals surface area contributed by atoms with Gasteiger partial charge in [-0.05, 0) is 67.2 Å². The number of H-pyrrole nitrogens is 1. The fourth-order valence-corrected chi connectivity index (χ4v) is 4.92. The van der Waals surface area contributed by atoms with Crippen molar-refractivity contribution in [2.24, 2.45) is 5.92 Å². The third-order valence-corrected chi connectivity index (χ3v) is 6.75. The first kappa shape index (κ1) is 20.6. The van der Waals surface area contributed by atoms with E-state index in [-0.39, 0.29) is 5.83 Å². The summed E-state index contributed by atoms with van der Waals surface area (Å²) in [4.78, 5) is 23.3. The Morgan fingerprint density at radius 3 is 2.47 bits per heavy atom. The largest absolute Gasteiger partial charge is 0.481 e. The predicted molar refractivity (Wildman–Crippen MR) is 122 cm³/mol. The minimum atomic E-state index is -0.685. The Morgan fingerprint density at radius 2 is 1.78 bits per heavy atom. The van der Waals surface area contributed by atoms with Gasteiger partial charge in [0.1, 0.15) is 11.5 Å². The van der Waals surface area contributed by atoms with Crippen LogP contribution in [-0.2, 0) is 11.2 Å². The highest BCUT2D eigenvalue weighted by atomic mass is 19.1. The van der Waals surface area contributed by atoms with Crippen molar-refractivity contribution in [3.63, 3.8) is 0 Å². The predicted octanol–water partition coefficient (Wildman–Crippen LogP) is 6.14. The Balaban J connectivity index is 1.26. The van der Waals surface area contributed by atoms with Gasteiger partial charge in [0.05, 0.1) is 5.69 Å². The van der Waals surface area contributed by atoms with Gasteiger partial charge in [0, 0.05) is 30.3 Å². The number of pyridine rings is 1. The zero-order chi connectivity index (χ0) is 22.1. The molecule has 2 N–H and O–H groups in total. The molecule has 6 heteroatoms. The Bertz CT molecular complexity index is 1140. The SMILES string of the molecule is O=C(O)CC1CCC(c2ccc(-c3ccc(-c4nc5c([nH]4)CCC(F)=C5)nc3)cc2)CC1. The van der Waals surface area contributed by atoms with Crippen molar-refractivity contribution in [1.29, 1.82) is 0 Å². The van der Waals surface area contributed by atoms with Crippen molar-refractivity contribution in [3.05, 3.63) is 65.4 Å². The van der Waals surface area contributed by atoms with Crippen LogP contribution in [0.2, 0.25) is 0 Å². The molecule has 1 saturated carbocycles.